The summed E-state index contributed by atoms with van der Waals surface area (Å²) < 4.78 is 0. The number of carbonyl (C=O) groups is 1. The van der Waals surface area contributed by atoms with Gasteiger partial charge in [-0.15, -0.1) is 0 Å². The molecule has 3 N–H and O–H groups in total. The second kappa shape index (κ2) is 6.31. The van der Waals surface area contributed by atoms with Crippen molar-refractivity contribution < 1.29 is 4.79 Å². The largest absolute Gasteiger partial charge is 0.352 e. The van der Waals surface area contributed by atoms with E-state index in [1.807, 2.05) is 0 Å². The molecule has 0 aromatic heterocycles. The minimum Gasteiger partial charge on any atom is -0.352 e. The Morgan fingerprint density at radius 2 is 2.25 bits per heavy atom. The fraction of sp³-hybridized carbons (Fsp3) is 0.625. The minimum absolute atomic E-state index is 0.0964. The predicted octanol–water partition coefficient (Wildman–Crippen LogP) is 0.177. The molecule has 3 nitrogen and oxygen atoms in total. The van der Waals surface area contributed by atoms with E-state index in [1.54, 1.807) is 0 Å². The van der Waals surface area contributed by atoms with Crippen LogP contribution >= 0.6 is 12.6 Å². The van der Waals surface area contributed by atoms with Gasteiger partial charge >= 0.3 is 0 Å². The molecule has 0 saturated heterocycles. The Kier molecular flexibility index (Phi) is 6.20. The molecule has 12 heavy (non-hydrogen) atoms. The Hall–Kier alpha value is -0.220. The van der Waals surface area contributed by atoms with E-state index in [0.29, 0.717) is 5.75 Å². The SMILES string of the molecule is [CH2]CCC([CH2])NC(=O)C(N)CS. The first-order chi connectivity index (χ1) is 5.61. The number of nitrogens with two attached hydrogens (primary N) is 1. The molecule has 1 amide bonds. The molecule has 0 aliphatic carbocycles. The van der Waals surface area contributed by atoms with Gasteiger partial charge in [0.1, 0.15) is 0 Å². The fourth-order valence-electron chi connectivity index (χ4n) is 0.710. The molecule has 70 valence electrons. The quantitative estimate of drug-likeness (QED) is 0.539. The monoisotopic (exact) mass is 188 g/mol. The highest BCUT2D eigenvalue weighted by Crippen LogP contribution is 1.94. The molecule has 0 bridgehead atoms. The Balaban J connectivity index is 3.67. The van der Waals surface area contributed by atoms with Gasteiger partial charge in [0, 0.05) is 11.8 Å². The van der Waals surface area contributed by atoms with Gasteiger partial charge in [0.25, 0.3) is 0 Å². The van der Waals surface area contributed by atoms with Crippen molar-refractivity contribution in [2.24, 2.45) is 5.73 Å². The van der Waals surface area contributed by atoms with Crippen molar-refractivity contribution in [2.75, 3.05) is 5.75 Å². The Labute approximate surface area is 79.5 Å². The van der Waals surface area contributed by atoms with Crippen LogP contribution in [0.2, 0.25) is 0 Å². The second-order valence-electron chi connectivity index (χ2n) is 2.64. The van der Waals surface area contributed by atoms with E-state index in [4.69, 9.17) is 5.73 Å². The number of nitrogens with one attached hydrogen (secondary N) is 1. The van der Waals surface area contributed by atoms with Crippen LogP contribution in [0.25, 0.3) is 0 Å². The summed E-state index contributed by atoms with van der Waals surface area (Å²) in [6, 6.07) is -0.636. The molecule has 0 saturated carbocycles. The number of carbonyl (C=O) groups excluding carboxylic acids is 1. The number of thiol groups is 1. The summed E-state index contributed by atoms with van der Waals surface area (Å²) in [5, 5.41) is 2.67. The number of hydrogen-bond acceptors (Lipinski definition) is 3. The van der Waals surface area contributed by atoms with Gasteiger partial charge in [-0.3, -0.25) is 4.79 Å². The van der Waals surface area contributed by atoms with Crippen molar-refractivity contribution in [2.45, 2.75) is 24.9 Å². The maximum absolute atomic E-state index is 11.1. The molecule has 4 heteroatoms. The van der Waals surface area contributed by atoms with E-state index in [0.717, 1.165) is 12.8 Å². The van der Waals surface area contributed by atoms with Gasteiger partial charge in [0.05, 0.1) is 6.04 Å². The van der Waals surface area contributed by atoms with Crippen molar-refractivity contribution in [1.82, 2.24) is 5.32 Å². The van der Waals surface area contributed by atoms with Crippen LogP contribution in [-0.4, -0.2) is 23.7 Å². The van der Waals surface area contributed by atoms with Crippen molar-refractivity contribution in [3.05, 3.63) is 13.8 Å². The maximum Gasteiger partial charge on any atom is 0.237 e. The van der Waals surface area contributed by atoms with Crippen molar-refractivity contribution in [3.8, 4) is 0 Å². The van der Waals surface area contributed by atoms with Gasteiger partial charge < -0.3 is 11.1 Å². The van der Waals surface area contributed by atoms with E-state index in [1.165, 1.54) is 0 Å². The number of hydrogen-bond donors (Lipinski definition) is 3. The highest BCUT2D eigenvalue weighted by atomic mass is 32.1. The zero-order valence-electron chi connectivity index (χ0n) is 7.12. The van der Waals surface area contributed by atoms with Crippen LogP contribution in [0.4, 0.5) is 0 Å². The molecule has 0 aliphatic rings. The van der Waals surface area contributed by atoms with Gasteiger partial charge in [-0.05, 0) is 13.3 Å². The third-order valence-corrected chi connectivity index (χ3v) is 1.83. The van der Waals surface area contributed by atoms with Gasteiger partial charge in [0.15, 0.2) is 0 Å². The van der Waals surface area contributed by atoms with Crippen molar-refractivity contribution in [3.63, 3.8) is 0 Å². The first-order valence-corrected chi connectivity index (χ1v) is 4.54. The third kappa shape index (κ3) is 4.62. The van der Waals surface area contributed by atoms with Crippen LogP contribution in [0, 0.1) is 13.8 Å². The predicted molar refractivity (Wildman–Crippen MR) is 53.7 cm³/mol. The van der Waals surface area contributed by atoms with E-state index >= 15 is 0 Å². The molecule has 0 rings (SSSR count). The molecule has 0 aliphatic heterocycles. The summed E-state index contributed by atoms with van der Waals surface area (Å²) in [4.78, 5) is 11.1. The fourth-order valence-corrected chi connectivity index (χ4v) is 0.876. The van der Waals surface area contributed by atoms with Gasteiger partial charge in [-0.1, -0.05) is 13.3 Å². The average Bonchev–Trinajstić information content (AvgIpc) is 2.03. The van der Waals surface area contributed by atoms with Gasteiger partial charge in [-0.25, -0.2) is 0 Å². The normalized spacial score (nSPS) is 15.3. The molecule has 2 radical (unpaired) electrons. The van der Waals surface area contributed by atoms with Crippen LogP contribution in [0.3, 0.4) is 0 Å². The molecule has 0 aromatic carbocycles. The first-order valence-electron chi connectivity index (χ1n) is 3.91. The van der Waals surface area contributed by atoms with Crippen molar-refractivity contribution >= 4 is 18.5 Å². The smallest absolute Gasteiger partial charge is 0.237 e. The summed E-state index contributed by atoms with van der Waals surface area (Å²) >= 11 is 3.91. The van der Waals surface area contributed by atoms with Crippen LogP contribution in [0.15, 0.2) is 0 Å². The zero-order valence-corrected chi connectivity index (χ0v) is 8.02. The summed E-state index contributed by atoms with van der Waals surface area (Å²) in [6.07, 6.45) is 1.52. The zero-order chi connectivity index (χ0) is 9.56. The molecule has 2 unspecified atom stereocenters. The molecule has 0 heterocycles. The Bertz CT molecular complexity index is 141. The Morgan fingerprint density at radius 3 is 2.67 bits per heavy atom. The highest BCUT2D eigenvalue weighted by Gasteiger charge is 2.12. The van der Waals surface area contributed by atoms with E-state index in [2.05, 4.69) is 31.8 Å². The molecular weight excluding hydrogens is 172 g/mol. The number of amides is 1. The van der Waals surface area contributed by atoms with Gasteiger partial charge in [-0.2, -0.15) is 12.6 Å². The van der Waals surface area contributed by atoms with E-state index in [-0.39, 0.29) is 11.9 Å². The number of rotatable bonds is 5. The molecule has 0 aromatic rings. The lowest BCUT2D eigenvalue weighted by atomic mass is 10.2. The summed E-state index contributed by atoms with van der Waals surface area (Å²) in [6.45, 7) is 7.39. The summed E-state index contributed by atoms with van der Waals surface area (Å²) in [7, 11) is 0. The van der Waals surface area contributed by atoms with Crippen LogP contribution in [-0.2, 0) is 4.79 Å². The van der Waals surface area contributed by atoms with E-state index in [9.17, 15) is 4.79 Å². The highest BCUT2D eigenvalue weighted by molar-refractivity contribution is 7.80. The standard InChI is InChI=1S/C8H16N2OS/c1-3-4-6(2)10-8(11)7(9)5-12/h6-7,12H,1-5,9H2,(H,10,11). The maximum atomic E-state index is 11.1. The van der Waals surface area contributed by atoms with Crippen LogP contribution in [0.1, 0.15) is 12.8 Å². The lowest BCUT2D eigenvalue weighted by molar-refractivity contribution is -0.122. The molecule has 0 fully saturated rings. The van der Waals surface area contributed by atoms with Crippen LogP contribution < -0.4 is 11.1 Å². The lowest BCUT2D eigenvalue weighted by Gasteiger charge is -2.15. The molecule has 2 atom stereocenters. The Morgan fingerprint density at radius 1 is 1.67 bits per heavy atom. The van der Waals surface area contributed by atoms with Crippen LogP contribution in [0.5, 0.6) is 0 Å². The average molecular weight is 188 g/mol. The minimum atomic E-state index is -0.539. The topological polar surface area (TPSA) is 55.1 Å². The molecule has 0 spiro atoms. The third-order valence-electron chi connectivity index (χ3n) is 1.43. The first kappa shape index (κ1) is 11.8. The van der Waals surface area contributed by atoms with E-state index < -0.39 is 6.04 Å². The second-order valence-corrected chi connectivity index (χ2v) is 3.00. The molecular formula is C8H16N2OS. The summed E-state index contributed by atoms with van der Waals surface area (Å²) in [5.41, 5.74) is 5.43. The van der Waals surface area contributed by atoms with Crippen molar-refractivity contribution in [1.29, 1.82) is 0 Å². The van der Waals surface area contributed by atoms with Gasteiger partial charge in [0.2, 0.25) is 5.91 Å². The lowest BCUT2D eigenvalue weighted by Crippen LogP contribution is -2.45. The summed E-state index contributed by atoms with van der Waals surface area (Å²) in [5.74, 6) is 0.154.